The highest BCUT2D eigenvalue weighted by atomic mass is 16.2. The molecule has 0 bridgehead atoms. The van der Waals surface area contributed by atoms with Crippen LogP contribution in [0.4, 0.5) is 11.4 Å². The second-order valence-electron chi connectivity index (χ2n) is 7.33. The maximum atomic E-state index is 12.1. The van der Waals surface area contributed by atoms with Gasteiger partial charge in [-0.05, 0) is 61.4 Å². The molecule has 0 radical (unpaired) electrons. The normalized spacial score (nSPS) is 13.0. The fourth-order valence-electron chi connectivity index (χ4n) is 3.68. The van der Waals surface area contributed by atoms with Gasteiger partial charge in [0.05, 0.1) is 0 Å². The molecule has 0 aromatic heterocycles. The van der Waals surface area contributed by atoms with Gasteiger partial charge in [-0.15, -0.1) is 0 Å². The lowest BCUT2D eigenvalue weighted by atomic mass is 9.98. The lowest BCUT2D eigenvalue weighted by molar-refractivity contribution is -0.136. The average molecular weight is 380 g/mol. The maximum Gasteiger partial charge on any atom is 0.313 e. The number of amides is 2. The molecule has 28 heavy (non-hydrogen) atoms. The predicted molar refractivity (Wildman–Crippen MR) is 114 cm³/mol. The first-order chi connectivity index (χ1) is 13.6. The largest absolute Gasteiger partial charge is 0.371 e. The molecule has 2 aromatic carbocycles. The van der Waals surface area contributed by atoms with Crippen LogP contribution in [-0.2, 0) is 22.4 Å². The quantitative estimate of drug-likeness (QED) is 0.756. The number of carbonyl (C=O) groups is 2. The number of rotatable bonds is 6. The third-order valence-corrected chi connectivity index (χ3v) is 5.15. The van der Waals surface area contributed by atoms with E-state index in [0.717, 1.165) is 31.5 Å². The SMILES string of the molecule is CCCN1CCCc2cc(CCNC(=O)C(=O)Nc3ccccc3C)ccc21. The van der Waals surface area contributed by atoms with E-state index in [9.17, 15) is 9.59 Å². The second-order valence-corrected chi connectivity index (χ2v) is 7.33. The van der Waals surface area contributed by atoms with Gasteiger partial charge in [0.15, 0.2) is 0 Å². The molecule has 0 saturated carbocycles. The van der Waals surface area contributed by atoms with Gasteiger partial charge in [0.2, 0.25) is 0 Å². The van der Waals surface area contributed by atoms with Crippen molar-refractivity contribution < 1.29 is 9.59 Å². The number of benzene rings is 2. The number of carbonyl (C=O) groups excluding carboxylic acids is 2. The summed E-state index contributed by atoms with van der Waals surface area (Å²) < 4.78 is 0. The molecular weight excluding hydrogens is 350 g/mol. The molecule has 1 aliphatic heterocycles. The number of hydrogen-bond donors (Lipinski definition) is 2. The van der Waals surface area contributed by atoms with Gasteiger partial charge in [-0.2, -0.15) is 0 Å². The summed E-state index contributed by atoms with van der Waals surface area (Å²) in [6.07, 6.45) is 4.16. The van der Waals surface area contributed by atoms with Crippen LogP contribution in [0.25, 0.3) is 0 Å². The number of para-hydroxylation sites is 1. The van der Waals surface area contributed by atoms with E-state index in [4.69, 9.17) is 0 Å². The van der Waals surface area contributed by atoms with Gasteiger partial charge in [-0.25, -0.2) is 0 Å². The minimum atomic E-state index is -0.630. The van der Waals surface area contributed by atoms with Crippen molar-refractivity contribution in [3.63, 3.8) is 0 Å². The third-order valence-electron chi connectivity index (χ3n) is 5.15. The van der Waals surface area contributed by atoms with Crippen LogP contribution in [0.2, 0.25) is 0 Å². The van der Waals surface area contributed by atoms with Crippen molar-refractivity contribution in [2.45, 2.75) is 39.5 Å². The summed E-state index contributed by atoms with van der Waals surface area (Å²) in [5.41, 5.74) is 5.51. The molecule has 0 fully saturated rings. The van der Waals surface area contributed by atoms with Crippen molar-refractivity contribution in [1.29, 1.82) is 0 Å². The molecule has 148 valence electrons. The minimum Gasteiger partial charge on any atom is -0.371 e. The highest BCUT2D eigenvalue weighted by Crippen LogP contribution is 2.28. The molecule has 0 atom stereocenters. The highest BCUT2D eigenvalue weighted by molar-refractivity contribution is 6.39. The van der Waals surface area contributed by atoms with Crippen LogP contribution in [0.3, 0.4) is 0 Å². The van der Waals surface area contributed by atoms with Crippen LogP contribution in [0.5, 0.6) is 0 Å². The monoisotopic (exact) mass is 379 g/mol. The summed E-state index contributed by atoms with van der Waals surface area (Å²) in [4.78, 5) is 26.6. The van der Waals surface area contributed by atoms with E-state index in [1.54, 1.807) is 6.07 Å². The Morgan fingerprint density at radius 2 is 1.93 bits per heavy atom. The van der Waals surface area contributed by atoms with Crippen molar-refractivity contribution in [3.05, 3.63) is 59.2 Å². The molecule has 1 aliphatic rings. The maximum absolute atomic E-state index is 12.1. The number of hydrogen-bond acceptors (Lipinski definition) is 3. The smallest absolute Gasteiger partial charge is 0.313 e. The minimum absolute atomic E-state index is 0.442. The lowest BCUT2D eigenvalue weighted by Gasteiger charge is -2.31. The van der Waals surface area contributed by atoms with Crippen LogP contribution in [0, 0.1) is 6.92 Å². The average Bonchev–Trinajstić information content (AvgIpc) is 2.70. The standard InChI is InChI=1S/C23H29N3O2/c1-3-14-26-15-6-8-19-16-18(10-11-21(19)26)12-13-24-22(27)23(28)25-20-9-5-4-7-17(20)2/h4-5,7,9-11,16H,3,6,8,12-15H2,1-2H3,(H,24,27)(H,25,28). The van der Waals surface area contributed by atoms with Crippen molar-refractivity contribution in [2.24, 2.45) is 0 Å². The van der Waals surface area contributed by atoms with E-state index in [2.05, 4.69) is 40.7 Å². The Bertz CT molecular complexity index is 847. The summed E-state index contributed by atoms with van der Waals surface area (Å²) in [7, 11) is 0. The third kappa shape index (κ3) is 4.91. The van der Waals surface area contributed by atoms with Gasteiger partial charge < -0.3 is 15.5 Å². The summed E-state index contributed by atoms with van der Waals surface area (Å²) in [6, 6.07) is 14.0. The second kappa shape index (κ2) is 9.40. The van der Waals surface area contributed by atoms with E-state index >= 15 is 0 Å². The van der Waals surface area contributed by atoms with Crippen LogP contribution in [0.15, 0.2) is 42.5 Å². The van der Waals surface area contributed by atoms with E-state index in [-0.39, 0.29) is 0 Å². The fraction of sp³-hybridized carbons (Fsp3) is 0.391. The first kappa shape index (κ1) is 19.9. The number of nitrogens with zero attached hydrogens (tertiary/aromatic N) is 1. The van der Waals surface area contributed by atoms with Gasteiger partial charge in [-0.1, -0.05) is 37.3 Å². The molecule has 0 unspecified atom stereocenters. The van der Waals surface area contributed by atoms with Crippen LogP contribution < -0.4 is 15.5 Å². The van der Waals surface area contributed by atoms with Crippen molar-refractivity contribution in [3.8, 4) is 0 Å². The van der Waals surface area contributed by atoms with Gasteiger partial charge >= 0.3 is 11.8 Å². The summed E-state index contributed by atoms with van der Waals surface area (Å²) in [5.74, 6) is -1.23. The Labute approximate surface area is 167 Å². The van der Waals surface area contributed by atoms with E-state index in [1.165, 1.54) is 23.2 Å². The van der Waals surface area contributed by atoms with Crippen LogP contribution >= 0.6 is 0 Å². The molecule has 0 saturated heterocycles. The number of aryl methyl sites for hydroxylation is 2. The van der Waals surface area contributed by atoms with E-state index in [1.807, 2.05) is 25.1 Å². The first-order valence-corrected chi connectivity index (χ1v) is 10.1. The molecule has 0 spiro atoms. The molecule has 5 heteroatoms. The zero-order valence-corrected chi connectivity index (χ0v) is 16.8. The number of anilines is 2. The fourth-order valence-corrected chi connectivity index (χ4v) is 3.68. The zero-order chi connectivity index (χ0) is 19.9. The number of fused-ring (bicyclic) bond motifs is 1. The summed E-state index contributed by atoms with van der Waals surface area (Å²) in [6.45, 7) is 6.77. The van der Waals surface area contributed by atoms with E-state index in [0.29, 0.717) is 18.7 Å². The predicted octanol–water partition coefficient (Wildman–Crippen LogP) is 3.46. The Hall–Kier alpha value is -2.82. The first-order valence-electron chi connectivity index (χ1n) is 10.1. The van der Waals surface area contributed by atoms with Crippen LogP contribution in [0.1, 0.15) is 36.5 Å². The molecule has 5 nitrogen and oxygen atoms in total. The summed E-state index contributed by atoms with van der Waals surface area (Å²) >= 11 is 0. The van der Waals surface area contributed by atoms with Gasteiger partial charge in [0, 0.05) is 31.0 Å². The Morgan fingerprint density at radius 3 is 2.71 bits per heavy atom. The molecule has 0 aliphatic carbocycles. The molecule has 2 N–H and O–H groups in total. The van der Waals surface area contributed by atoms with E-state index < -0.39 is 11.8 Å². The molecular formula is C23H29N3O2. The highest BCUT2D eigenvalue weighted by Gasteiger charge is 2.17. The number of nitrogens with one attached hydrogen (secondary N) is 2. The Balaban J connectivity index is 1.51. The van der Waals surface area contributed by atoms with Gasteiger partial charge in [0.1, 0.15) is 0 Å². The van der Waals surface area contributed by atoms with Crippen molar-refractivity contribution in [2.75, 3.05) is 29.9 Å². The molecule has 2 aromatic rings. The van der Waals surface area contributed by atoms with Crippen molar-refractivity contribution >= 4 is 23.2 Å². The Kier molecular flexibility index (Phi) is 6.69. The van der Waals surface area contributed by atoms with Gasteiger partial charge in [-0.3, -0.25) is 9.59 Å². The van der Waals surface area contributed by atoms with Crippen LogP contribution in [-0.4, -0.2) is 31.4 Å². The molecule has 1 heterocycles. The van der Waals surface area contributed by atoms with Gasteiger partial charge in [0.25, 0.3) is 0 Å². The Morgan fingerprint density at radius 1 is 1.11 bits per heavy atom. The summed E-state index contributed by atoms with van der Waals surface area (Å²) in [5, 5.41) is 5.38. The topological polar surface area (TPSA) is 61.4 Å². The lowest BCUT2D eigenvalue weighted by Crippen LogP contribution is -2.36. The molecule has 2 amide bonds. The van der Waals surface area contributed by atoms with Crippen molar-refractivity contribution in [1.82, 2.24) is 5.32 Å². The molecule has 3 rings (SSSR count). The zero-order valence-electron chi connectivity index (χ0n) is 16.8.